The van der Waals surface area contributed by atoms with Gasteiger partial charge in [-0.15, -0.1) is 0 Å². The number of piperazine rings is 1. The van der Waals surface area contributed by atoms with E-state index in [1.165, 1.54) is 4.90 Å². The van der Waals surface area contributed by atoms with Crippen LogP contribution in [0.4, 0.5) is 4.79 Å². The first kappa shape index (κ1) is 19.3. The molecule has 1 aliphatic heterocycles. The average molecular weight is 413 g/mol. The first-order valence-electron chi connectivity index (χ1n) is 9.35. The molecule has 1 aliphatic rings. The van der Waals surface area contributed by atoms with Crippen LogP contribution in [0.1, 0.15) is 17.3 Å². The van der Waals surface area contributed by atoms with Crippen LogP contribution in [-0.4, -0.2) is 62.1 Å². The molecule has 1 fully saturated rings. The lowest BCUT2D eigenvalue weighted by Gasteiger charge is -2.38. The molecule has 1 N–H and O–H groups in total. The lowest BCUT2D eigenvalue weighted by atomic mass is 10.1. The van der Waals surface area contributed by atoms with Crippen molar-refractivity contribution < 1.29 is 14.7 Å². The smallest absolute Gasteiger partial charge is 0.407 e. The molecule has 7 nitrogen and oxygen atoms in total. The number of halogens is 1. The van der Waals surface area contributed by atoms with E-state index >= 15 is 0 Å². The molecule has 1 saturated heterocycles. The van der Waals surface area contributed by atoms with E-state index in [9.17, 15) is 14.7 Å². The Kier molecular flexibility index (Phi) is 4.92. The Labute approximate surface area is 173 Å². The van der Waals surface area contributed by atoms with Gasteiger partial charge in [-0.1, -0.05) is 17.7 Å². The summed E-state index contributed by atoms with van der Waals surface area (Å²) in [4.78, 5) is 32.0. The summed E-state index contributed by atoms with van der Waals surface area (Å²) in [5.74, 6) is -0.133. The number of hydrogen-bond acceptors (Lipinski definition) is 3. The Bertz CT molecular complexity index is 1110. The van der Waals surface area contributed by atoms with Gasteiger partial charge in [0.15, 0.2) is 0 Å². The third-order valence-electron chi connectivity index (χ3n) is 5.29. The van der Waals surface area contributed by atoms with E-state index < -0.39 is 6.09 Å². The highest BCUT2D eigenvalue weighted by Crippen LogP contribution is 2.29. The molecule has 1 unspecified atom stereocenters. The van der Waals surface area contributed by atoms with Crippen LogP contribution < -0.4 is 0 Å². The molecule has 3 aromatic rings. The molecular formula is C21H21ClN4O3. The van der Waals surface area contributed by atoms with Crippen LogP contribution in [0.15, 0.2) is 42.7 Å². The Morgan fingerprint density at radius 1 is 1.21 bits per heavy atom. The van der Waals surface area contributed by atoms with Crippen LogP contribution in [0, 0.1) is 0 Å². The second kappa shape index (κ2) is 7.40. The number of pyridine rings is 1. The number of carbonyl (C=O) groups excluding carboxylic acids is 1. The van der Waals surface area contributed by atoms with Gasteiger partial charge in [0, 0.05) is 61.6 Å². The molecule has 0 radical (unpaired) electrons. The molecule has 1 atom stereocenters. The topological polar surface area (TPSA) is 78.7 Å². The first-order chi connectivity index (χ1) is 13.8. The zero-order chi connectivity index (χ0) is 20.7. The molecule has 2 amide bonds. The number of aromatic nitrogens is 2. The minimum atomic E-state index is -0.956. The van der Waals surface area contributed by atoms with Crippen LogP contribution >= 0.6 is 11.6 Å². The van der Waals surface area contributed by atoms with Gasteiger partial charge in [0.25, 0.3) is 5.91 Å². The number of hydrogen-bond donors (Lipinski definition) is 1. The van der Waals surface area contributed by atoms with Crippen molar-refractivity contribution in [3.8, 4) is 11.3 Å². The van der Waals surface area contributed by atoms with Crippen molar-refractivity contribution in [1.29, 1.82) is 0 Å². The van der Waals surface area contributed by atoms with Crippen molar-refractivity contribution in [3.05, 3.63) is 53.3 Å². The third-order valence-corrected chi connectivity index (χ3v) is 5.61. The van der Waals surface area contributed by atoms with Crippen molar-refractivity contribution in [2.45, 2.75) is 13.0 Å². The van der Waals surface area contributed by atoms with Crippen molar-refractivity contribution in [2.75, 3.05) is 19.6 Å². The van der Waals surface area contributed by atoms with E-state index in [2.05, 4.69) is 0 Å². The van der Waals surface area contributed by atoms with Crippen LogP contribution in [0.5, 0.6) is 0 Å². The largest absolute Gasteiger partial charge is 0.465 e. The van der Waals surface area contributed by atoms with E-state index in [0.29, 0.717) is 35.7 Å². The van der Waals surface area contributed by atoms with Gasteiger partial charge in [-0.05, 0) is 31.2 Å². The number of benzene rings is 1. The van der Waals surface area contributed by atoms with Crippen LogP contribution in [-0.2, 0) is 7.05 Å². The normalized spacial score (nSPS) is 17.0. The fourth-order valence-electron chi connectivity index (χ4n) is 3.73. The molecule has 2 aromatic heterocycles. The summed E-state index contributed by atoms with van der Waals surface area (Å²) >= 11 is 6.46. The molecule has 0 saturated carbocycles. The predicted octanol–water partition coefficient (Wildman–Crippen LogP) is 3.72. The van der Waals surface area contributed by atoms with Crippen LogP contribution in [0.2, 0.25) is 5.02 Å². The SMILES string of the molecule is CC1CN(C(=O)c2ccc3c(Cl)cc(-c4ccn(C)c4)nc3c2)CCN1C(=O)O. The van der Waals surface area contributed by atoms with Gasteiger partial charge in [0.2, 0.25) is 0 Å². The number of carbonyl (C=O) groups is 2. The fourth-order valence-corrected chi connectivity index (χ4v) is 3.99. The van der Waals surface area contributed by atoms with Gasteiger partial charge in [0.05, 0.1) is 16.2 Å². The minimum Gasteiger partial charge on any atom is -0.465 e. The highest BCUT2D eigenvalue weighted by atomic mass is 35.5. The monoisotopic (exact) mass is 412 g/mol. The molecule has 4 rings (SSSR count). The van der Waals surface area contributed by atoms with Gasteiger partial charge < -0.3 is 19.5 Å². The lowest BCUT2D eigenvalue weighted by Crippen LogP contribution is -2.55. The molecule has 29 heavy (non-hydrogen) atoms. The number of fused-ring (bicyclic) bond motifs is 1. The number of aryl methyl sites for hydroxylation is 1. The first-order valence-corrected chi connectivity index (χ1v) is 9.73. The summed E-state index contributed by atoms with van der Waals surface area (Å²) in [6, 6.07) is 8.85. The van der Waals surface area contributed by atoms with E-state index in [4.69, 9.17) is 16.6 Å². The van der Waals surface area contributed by atoms with Gasteiger partial charge in [-0.3, -0.25) is 4.79 Å². The summed E-state index contributed by atoms with van der Waals surface area (Å²) in [5.41, 5.74) is 2.87. The summed E-state index contributed by atoms with van der Waals surface area (Å²) in [6.45, 7) is 2.84. The molecule has 1 aromatic carbocycles. The third kappa shape index (κ3) is 3.65. The number of carboxylic acid groups (broad SMARTS) is 1. The summed E-state index contributed by atoms with van der Waals surface area (Å²) in [6.07, 6.45) is 2.94. The van der Waals surface area contributed by atoms with Crippen LogP contribution in [0.3, 0.4) is 0 Å². The van der Waals surface area contributed by atoms with Gasteiger partial charge >= 0.3 is 6.09 Å². The van der Waals surface area contributed by atoms with Gasteiger partial charge in [-0.25, -0.2) is 9.78 Å². The zero-order valence-electron chi connectivity index (χ0n) is 16.2. The maximum atomic E-state index is 13.0. The van der Waals surface area contributed by atoms with Crippen molar-refractivity contribution in [1.82, 2.24) is 19.4 Å². The molecule has 8 heteroatoms. The van der Waals surface area contributed by atoms with Crippen molar-refractivity contribution in [2.24, 2.45) is 7.05 Å². The van der Waals surface area contributed by atoms with E-state index in [1.807, 2.05) is 42.2 Å². The van der Waals surface area contributed by atoms with E-state index in [1.54, 1.807) is 24.0 Å². The Morgan fingerprint density at radius 3 is 2.66 bits per heavy atom. The second-order valence-corrected chi connectivity index (χ2v) is 7.77. The zero-order valence-corrected chi connectivity index (χ0v) is 16.9. The van der Waals surface area contributed by atoms with E-state index in [0.717, 1.165) is 16.6 Å². The highest BCUT2D eigenvalue weighted by molar-refractivity contribution is 6.35. The molecule has 0 bridgehead atoms. The summed E-state index contributed by atoms with van der Waals surface area (Å²) < 4.78 is 1.94. The van der Waals surface area contributed by atoms with Crippen molar-refractivity contribution >= 4 is 34.5 Å². The maximum Gasteiger partial charge on any atom is 0.407 e. The summed E-state index contributed by atoms with van der Waals surface area (Å²) in [5, 5.41) is 10.6. The maximum absolute atomic E-state index is 13.0. The molecule has 3 heterocycles. The molecule has 0 spiro atoms. The predicted molar refractivity (Wildman–Crippen MR) is 111 cm³/mol. The van der Waals surface area contributed by atoms with Gasteiger partial charge in [-0.2, -0.15) is 0 Å². The Balaban J connectivity index is 1.64. The number of nitrogens with zero attached hydrogens (tertiary/aromatic N) is 4. The average Bonchev–Trinajstić information content (AvgIpc) is 3.13. The standard InChI is InChI=1S/C21H21ClN4O3/c1-13-11-25(7-8-26(13)21(28)29)20(27)14-3-4-16-17(22)10-18(23-19(16)9-14)15-5-6-24(2)12-15/h3-6,9-10,12-13H,7-8,11H2,1-2H3,(H,28,29). The van der Waals surface area contributed by atoms with Gasteiger partial charge in [0.1, 0.15) is 0 Å². The second-order valence-electron chi connectivity index (χ2n) is 7.36. The Morgan fingerprint density at radius 2 is 2.00 bits per heavy atom. The van der Waals surface area contributed by atoms with Crippen LogP contribution in [0.25, 0.3) is 22.2 Å². The quantitative estimate of drug-likeness (QED) is 0.695. The fraction of sp³-hybridized carbons (Fsp3) is 0.286. The molecule has 0 aliphatic carbocycles. The number of rotatable bonds is 2. The Hall–Kier alpha value is -3.06. The minimum absolute atomic E-state index is 0.133. The van der Waals surface area contributed by atoms with E-state index in [-0.39, 0.29) is 11.9 Å². The number of amides is 2. The summed E-state index contributed by atoms with van der Waals surface area (Å²) in [7, 11) is 1.94. The van der Waals surface area contributed by atoms with Crippen molar-refractivity contribution in [3.63, 3.8) is 0 Å². The highest BCUT2D eigenvalue weighted by Gasteiger charge is 2.30. The molecular weight excluding hydrogens is 392 g/mol. The molecule has 150 valence electrons. The lowest BCUT2D eigenvalue weighted by molar-refractivity contribution is 0.0507.